The summed E-state index contributed by atoms with van der Waals surface area (Å²) in [4.78, 5) is 25.3. The van der Waals surface area contributed by atoms with E-state index in [-0.39, 0.29) is 0 Å². The fourth-order valence-electron chi connectivity index (χ4n) is 6.73. The van der Waals surface area contributed by atoms with Crippen LogP contribution < -0.4 is 0 Å². The Morgan fingerprint density at radius 3 is 1.77 bits per heavy atom. The van der Waals surface area contributed by atoms with Gasteiger partial charge in [0.2, 0.25) is 0 Å². The van der Waals surface area contributed by atoms with Crippen molar-refractivity contribution in [3.8, 4) is 62.9 Å². The van der Waals surface area contributed by atoms with E-state index < -0.39 is 0 Å². The summed E-state index contributed by atoms with van der Waals surface area (Å²) >= 11 is 3.39. The van der Waals surface area contributed by atoms with E-state index in [1.54, 1.807) is 22.7 Å². The quantitative estimate of drug-likeness (QED) is 0.178. The third kappa shape index (κ3) is 5.03. The van der Waals surface area contributed by atoms with E-state index in [4.69, 9.17) is 24.9 Å². The summed E-state index contributed by atoms with van der Waals surface area (Å²) in [5.74, 6) is 2.51. The molecule has 10 aromatic rings. The largest absolute Gasteiger partial charge is 0.226 e. The molecule has 0 bridgehead atoms. The first-order chi connectivity index (χ1) is 25.7. The minimum Gasteiger partial charge on any atom is -0.226 e. The van der Waals surface area contributed by atoms with Crippen LogP contribution in [0.3, 0.4) is 0 Å². The molecule has 242 valence electrons. The van der Waals surface area contributed by atoms with Gasteiger partial charge in [-0.05, 0) is 36.4 Å². The summed E-state index contributed by atoms with van der Waals surface area (Å²) in [6.07, 6.45) is 0. The number of rotatable bonds is 5. The SMILES string of the molecule is N#Cc1ccccc1-c1nc(-c2cccc3c2sc2ccc(-c4nc(-c5ccccc5)nc(-c5ccccc5)n4)cc23)nc2c1sc1ccccc12. The third-order valence-corrected chi connectivity index (χ3v) is 11.6. The van der Waals surface area contributed by atoms with Gasteiger partial charge in [0, 0.05) is 58.1 Å². The van der Waals surface area contributed by atoms with Gasteiger partial charge in [0.05, 0.1) is 27.5 Å². The lowest BCUT2D eigenvalue weighted by molar-refractivity contribution is 1.07. The zero-order valence-electron chi connectivity index (χ0n) is 27.4. The van der Waals surface area contributed by atoms with Crippen molar-refractivity contribution in [3.05, 3.63) is 151 Å². The molecular weight excluding hydrogens is 677 g/mol. The number of nitrogens with zero attached hydrogens (tertiary/aromatic N) is 6. The molecule has 0 aliphatic heterocycles. The Balaban J connectivity index is 1.17. The summed E-state index contributed by atoms with van der Waals surface area (Å²) in [6.45, 7) is 0. The van der Waals surface area contributed by atoms with Gasteiger partial charge >= 0.3 is 0 Å². The molecule has 4 aromatic heterocycles. The van der Waals surface area contributed by atoms with Crippen molar-refractivity contribution in [3.63, 3.8) is 0 Å². The Bertz CT molecular complexity index is 2980. The number of nitriles is 1. The highest BCUT2D eigenvalue weighted by atomic mass is 32.1. The van der Waals surface area contributed by atoms with Crippen LogP contribution in [0.5, 0.6) is 0 Å². The summed E-state index contributed by atoms with van der Waals surface area (Å²) in [7, 11) is 0. The van der Waals surface area contributed by atoms with E-state index in [0.29, 0.717) is 28.9 Å². The molecule has 0 amide bonds. The maximum atomic E-state index is 10.1. The molecule has 0 atom stereocenters. The first-order valence-electron chi connectivity index (χ1n) is 16.7. The third-order valence-electron chi connectivity index (χ3n) is 9.22. The molecular formula is C44H24N6S2. The lowest BCUT2D eigenvalue weighted by Crippen LogP contribution is -2.00. The van der Waals surface area contributed by atoms with Gasteiger partial charge in [-0.1, -0.05) is 109 Å². The number of hydrogen-bond acceptors (Lipinski definition) is 8. The number of aromatic nitrogens is 5. The molecule has 0 aliphatic carbocycles. The van der Waals surface area contributed by atoms with Gasteiger partial charge in [-0.15, -0.1) is 22.7 Å². The van der Waals surface area contributed by atoms with Crippen LogP contribution in [0.1, 0.15) is 5.56 Å². The highest BCUT2D eigenvalue weighted by Crippen LogP contribution is 2.44. The molecule has 0 saturated heterocycles. The second-order valence-electron chi connectivity index (χ2n) is 12.4. The van der Waals surface area contributed by atoms with Gasteiger partial charge < -0.3 is 0 Å². The molecule has 0 radical (unpaired) electrons. The van der Waals surface area contributed by atoms with Gasteiger partial charge in [0.25, 0.3) is 0 Å². The Labute approximate surface area is 306 Å². The maximum absolute atomic E-state index is 10.1. The summed E-state index contributed by atoms with van der Waals surface area (Å²) in [5, 5.41) is 13.4. The second-order valence-corrected chi connectivity index (χ2v) is 14.5. The van der Waals surface area contributed by atoms with Crippen LogP contribution in [0.25, 0.3) is 97.3 Å². The molecule has 8 heteroatoms. The van der Waals surface area contributed by atoms with E-state index in [0.717, 1.165) is 74.0 Å². The van der Waals surface area contributed by atoms with Gasteiger partial charge in [0.1, 0.15) is 0 Å². The van der Waals surface area contributed by atoms with E-state index in [9.17, 15) is 5.26 Å². The molecule has 4 heterocycles. The lowest BCUT2D eigenvalue weighted by atomic mass is 10.0. The summed E-state index contributed by atoms with van der Waals surface area (Å²) in [5.41, 5.74) is 6.79. The van der Waals surface area contributed by atoms with Crippen LogP contribution in [-0.2, 0) is 0 Å². The van der Waals surface area contributed by atoms with E-state index in [1.165, 1.54) is 0 Å². The first kappa shape index (κ1) is 30.2. The Morgan fingerprint density at radius 2 is 1.02 bits per heavy atom. The van der Waals surface area contributed by atoms with Crippen molar-refractivity contribution in [2.45, 2.75) is 0 Å². The number of hydrogen-bond donors (Lipinski definition) is 0. The fraction of sp³-hybridized carbons (Fsp3) is 0. The van der Waals surface area contributed by atoms with Crippen LogP contribution in [0.15, 0.2) is 146 Å². The van der Waals surface area contributed by atoms with Gasteiger partial charge in [-0.25, -0.2) is 24.9 Å². The molecule has 6 aromatic carbocycles. The molecule has 52 heavy (non-hydrogen) atoms. The van der Waals surface area contributed by atoms with Crippen LogP contribution in [-0.4, -0.2) is 24.9 Å². The molecule has 10 rings (SSSR count). The monoisotopic (exact) mass is 700 g/mol. The van der Waals surface area contributed by atoms with Gasteiger partial charge in [-0.3, -0.25) is 0 Å². The number of fused-ring (bicyclic) bond motifs is 6. The Kier molecular flexibility index (Phi) is 7.13. The van der Waals surface area contributed by atoms with Crippen LogP contribution in [0.4, 0.5) is 0 Å². The smallest absolute Gasteiger partial charge is 0.164 e. The topological polar surface area (TPSA) is 88.2 Å². The van der Waals surface area contributed by atoms with Crippen molar-refractivity contribution < 1.29 is 0 Å². The molecule has 0 spiro atoms. The standard InChI is InChI=1S/C44H24N6S2/c45-25-29-16-7-8-17-30(29)37-40-38(32-18-9-10-21-35(32)52-40)47-44(46-37)33-20-11-19-31-34-24-28(22-23-36(34)51-39(31)33)43-49-41(26-12-3-1-4-13-26)48-42(50-43)27-14-5-2-6-15-27/h1-24H. The minimum atomic E-state index is 0.586. The Morgan fingerprint density at radius 1 is 0.423 bits per heavy atom. The zero-order valence-corrected chi connectivity index (χ0v) is 29.0. The Hall–Kier alpha value is -6.66. The van der Waals surface area contributed by atoms with Crippen LogP contribution >= 0.6 is 22.7 Å². The van der Waals surface area contributed by atoms with Gasteiger partial charge in [0.15, 0.2) is 23.3 Å². The molecule has 6 nitrogen and oxygen atoms in total. The predicted molar refractivity (Wildman–Crippen MR) is 213 cm³/mol. The summed E-state index contributed by atoms with van der Waals surface area (Å²) < 4.78 is 4.35. The van der Waals surface area contributed by atoms with Crippen LogP contribution in [0, 0.1) is 11.3 Å². The predicted octanol–water partition coefficient (Wildman–Crippen LogP) is 11.6. The number of benzene rings is 6. The normalized spacial score (nSPS) is 11.4. The molecule has 0 fully saturated rings. The van der Waals surface area contributed by atoms with Crippen molar-refractivity contribution >= 4 is 63.1 Å². The van der Waals surface area contributed by atoms with Crippen molar-refractivity contribution in [2.24, 2.45) is 0 Å². The number of thiophene rings is 2. The maximum Gasteiger partial charge on any atom is 0.164 e. The van der Waals surface area contributed by atoms with Crippen molar-refractivity contribution in [1.29, 1.82) is 5.26 Å². The van der Waals surface area contributed by atoms with Crippen molar-refractivity contribution in [1.82, 2.24) is 24.9 Å². The van der Waals surface area contributed by atoms with Gasteiger partial charge in [-0.2, -0.15) is 5.26 Å². The highest BCUT2D eigenvalue weighted by molar-refractivity contribution is 7.26. The average Bonchev–Trinajstić information content (AvgIpc) is 3.79. The first-order valence-corrected chi connectivity index (χ1v) is 18.4. The summed E-state index contributed by atoms with van der Waals surface area (Å²) in [6, 6.07) is 51.2. The molecule has 0 saturated carbocycles. The van der Waals surface area contributed by atoms with E-state index >= 15 is 0 Å². The van der Waals surface area contributed by atoms with Crippen LogP contribution in [0.2, 0.25) is 0 Å². The average molecular weight is 701 g/mol. The fourth-order valence-corrected chi connectivity index (χ4v) is 9.07. The molecule has 0 N–H and O–H groups in total. The molecule has 0 aliphatic rings. The zero-order chi connectivity index (χ0) is 34.6. The minimum absolute atomic E-state index is 0.586. The van der Waals surface area contributed by atoms with E-state index in [2.05, 4.69) is 54.6 Å². The second kappa shape index (κ2) is 12.3. The molecule has 0 unspecified atom stereocenters. The van der Waals surface area contributed by atoms with E-state index in [1.807, 2.05) is 97.1 Å². The highest BCUT2D eigenvalue weighted by Gasteiger charge is 2.21. The lowest BCUT2D eigenvalue weighted by Gasteiger charge is -2.09. The van der Waals surface area contributed by atoms with Crippen molar-refractivity contribution in [2.75, 3.05) is 0 Å².